The second kappa shape index (κ2) is 11.5. The van der Waals surface area contributed by atoms with Crippen molar-refractivity contribution in [3.8, 4) is 0 Å². The molecule has 0 radical (unpaired) electrons. The molecule has 9 heteroatoms. The van der Waals surface area contributed by atoms with Crippen LogP contribution in [0.25, 0.3) is 11.0 Å². The van der Waals surface area contributed by atoms with E-state index in [1.165, 1.54) is 0 Å². The number of aromatic nitrogens is 3. The Labute approximate surface area is 232 Å². The number of halogens is 1. The number of hydrogen-bond donors (Lipinski definition) is 2. The SMILES string of the molecule is CNC(=O)c1cccc(Cn2c(=O)n(C[C@H]3CC[C@H](NC(=O)c4cc(Cl)cnc4C)CC3)c3ccccc32)c1. The molecule has 0 atom stereocenters. The van der Waals surface area contributed by atoms with E-state index in [1.54, 1.807) is 36.9 Å². The van der Waals surface area contributed by atoms with Crippen molar-refractivity contribution in [1.29, 1.82) is 0 Å². The predicted molar refractivity (Wildman–Crippen MR) is 152 cm³/mol. The molecule has 0 unspecified atom stereocenters. The highest BCUT2D eigenvalue weighted by atomic mass is 35.5. The highest BCUT2D eigenvalue weighted by molar-refractivity contribution is 6.30. The normalized spacial score (nSPS) is 17.2. The average Bonchev–Trinajstić information content (AvgIpc) is 3.21. The van der Waals surface area contributed by atoms with Crippen molar-refractivity contribution in [3.63, 3.8) is 0 Å². The Balaban J connectivity index is 1.29. The van der Waals surface area contributed by atoms with Gasteiger partial charge in [-0.1, -0.05) is 35.9 Å². The maximum absolute atomic E-state index is 13.6. The van der Waals surface area contributed by atoms with Crippen molar-refractivity contribution in [2.45, 2.75) is 51.7 Å². The molecule has 2 amide bonds. The Bertz CT molecular complexity index is 1580. The van der Waals surface area contributed by atoms with Crippen molar-refractivity contribution in [2.75, 3.05) is 7.05 Å². The van der Waals surface area contributed by atoms with Crippen LogP contribution in [-0.4, -0.2) is 39.0 Å². The summed E-state index contributed by atoms with van der Waals surface area (Å²) in [5.74, 6) is 0.0322. The number of fused-ring (bicyclic) bond motifs is 1. The van der Waals surface area contributed by atoms with E-state index in [0.717, 1.165) is 42.3 Å². The summed E-state index contributed by atoms with van der Waals surface area (Å²) in [6.45, 7) is 2.81. The van der Waals surface area contributed by atoms with Crippen LogP contribution in [0.4, 0.5) is 0 Å². The lowest BCUT2D eigenvalue weighted by atomic mass is 9.85. The van der Waals surface area contributed by atoms with Gasteiger partial charge in [-0.25, -0.2) is 4.79 Å². The summed E-state index contributed by atoms with van der Waals surface area (Å²) in [4.78, 5) is 42.7. The quantitative estimate of drug-likeness (QED) is 0.356. The van der Waals surface area contributed by atoms with Crippen molar-refractivity contribution in [1.82, 2.24) is 24.8 Å². The van der Waals surface area contributed by atoms with Gasteiger partial charge in [0, 0.05) is 31.4 Å². The zero-order valence-electron chi connectivity index (χ0n) is 22.1. The third-order valence-electron chi connectivity index (χ3n) is 7.60. The van der Waals surface area contributed by atoms with Crippen LogP contribution in [-0.2, 0) is 13.1 Å². The number of carbonyl (C=O) groups excluding carboxylic acids is 2. The summed E-state index contributed by atoms with van der Waals surface area (Å²) < 4.78 is 3.66. The van der Waals surface area contributed by atoms with Crippen LogP contribution in [0, 0.1) is 12.8 Å². The highest BCUT2D eigenvalue weighted by Crippen LogP contribution is 2.27. The zero-order valence-corrected chi connectivity index (χ0v) is 22.9. The van der Waals surface area contributed by atoms with Crippen molar-refractivity contribution in [2.24, 2.45) is 5.92 Å². The molecule has 202 valence electrons. The van der Waals surface area contributed by atoms with E-state index in [2.05, 4.69) is 15.6 Å². The molecule has 1 saturated carbocycles. The highest BCUT2D eigenvalue weighted by Gasteiger charge is 2.25. The number of amides is 2. The fraction of sp³-hybridized carbons (Fsp3) is 0.333. The lowest BCUT2D eigenvalue weighted by Gasteiger charge is -2.29. The molecular formula is C30H32ClN5O3. The summed E-state index contributed by atoms with van der Waals surface area (Å²) in [5, 5.41) is 6.23. The summed E-state index contributed by atoms with van der Waals surface area (Å²) in [5.41, 5.74) is 4.34. The van der Waals surface area contributed by atoms with Crippen LogP contribution in [0.1, 0.15) is 57.7 Å². The first-order valence-electron chi connectivity index (χ1n) is 13.3. The largest absolute Gasteiger partial charge is 0.355 e. The molecule has 1 fully saturated rings. The minimum absolute atomic E-state index is 0.0547. The minimum atomic E-state index is -0.155. The van der Waals surface area contributed by atoms with E-state index >= 15 is 0 Å². The first-order valence-corrected chi connectivity index (χ1v) is 13.6. The fourth-order valence-electron chi connectivity index (χ4n) is 5.49. The number of rotatable bonds is 7. The van der Waals surface area contributed by atoms with Crippen LogP contribution in [0.5, 0.6) is 0 Å². The maximum Gasteiger partial charge on any atom is 0.329 e. The zero-order chi connectivity index (χ0) is 27.5. The third kappa shape index (κ3) is 5.76. The van der Waals surface area contributed by atoms with Gasteiger partial charge < -0.3 is 10.6 Å². The Kier molecular flexibility index (Phi) is 7.84. The van der Waals surface area contributed by atoms with Crippen LogP contribution in [0.15, 0.2) is 65.6 Å². The van der Waals surface area contributed by atoms with Crippen molar-refractivity contribution in [3.05, 3.63) is 98.7 Å². The van der Waals surface area contributed by atoms with Gasteiger partial charge in [0.05, 0.1) is 33.9 Å². The number of hydrogen-bond acceptors (Lipinski definition) is 4. The molecular weight excluding hydrogens is 514 g/mol. The molecule has 2 heterocycles. The molecule has 5 rings (SSSR count). The van der Waals surface area contributed by atoms with Gasteiger partial charge in [0.15, 0.2) is 0 Å². The molecule has 2 aromatic heterocycles. The van der Waals surface area contributed by atoms with Crippen LogP contribution in [0.3, 0.4) is 0 Å². The molecule has 0 bridgehead atoms. The van der Waals surface area contributed by atoms with E-state index in [0.29, 0.717) is 40.9 Å². The number of para-hydroxylation sites is 2. The van der Waals surface area contributed by atoms with E-state index in [-0.39, 0.29) is 23.5 Å². The minimum Gasteiger partial charge on any atom is -0.355 e. The second-order valence-corrected chi connectivity index (χ2v) is 10.7. The third-order valence-corrected chi connectivity index (χ3v) is 7.81. The molecule has 2 N–H and O–H groups in total. The number of aryl methyl sites for hydroxylation is 1. The number of nitrogens with zero attached hydrogens (tertiary/aromatic N) is 3. The second-order valence-electron chi connectivity index (χ2n) is 10.2. The summed E-state index contributed by atoms with van der Waals surface area (Å²) in [6.07, 6.45) is 5.07. The Morgan fingerprint density at radius 3 is 2.41 bits per heavy atom. The van der Waals surface area contributed by atoms with Crippen LogP contribution < -0.4 is 16.3 Å². The molecule has 0 aliphatic heterocycles. The molecule has 1 aliphatic rings. The predicted octanol–water partition coefficient (Wildman–Crippen LogP) is 4.56. The first-order chi connectivity index (χ1) is 18.8. The topological polar surface area (TPSA) is 98.0 Å². The van der Waals surface area contributed by atoms with E-state index < -0.39 is 0 Å². The maximum atomic E-state index is 13.6. The van der Waals surface area contributed by atoms with Gasteiger partial charge in [0.1, 0.15) is 0 Å². The number of pyridine rings is 1. The first kappa shape index (κ1) is 26.7. The smallest absolute Gasteiger partial charge is 0.329 e. The van der Waals surface area contributed by atoms with Crippen LogP contribution in [0.2, 0.25) is 5.02 Å². The molecule has 0 saturated heterocycles. The Hall–Kier alpha value is -3.91. The van der Waals surface area contributed by atoms with Gasteiger partial charge in [-0.3, -0.25) is 23.7 Å². The monoisotopic (exact) mass is 545 g/mol. The Morgan fingerprint density at radius 2 is 1.69 bits per heavy atom. The fourth-order valence-corrected chi connectivity index (χ4v) is 5.65. The van der Waals surface area contributed by atoms with Gasteiger partial charge in [0.2, 0.25) is 0 Å². The van der Waals surface area contributed by atoms with E-state index in [9.17, 15) is 14.4 Å². The summed E-state index contributed by atoms with van der Waals surface area (Å²) in [7, 11) is 1.60. The standard InChI is InChI=1S/C30H32ClN5O3/c1-19-25(15-23(31)16-33-19)29(38)34-24-12-10-20(11-13-24)17-35-26-8-3-4-9-27(26)36(30(35)39)18-21-6-5-7-22(14-21)28(37)32-2/h3-9,14-16,20,24H,10-13,17-18H2,1-2H3,(H,32,37)(H,34,38)/t20-,24-. The number of nitrogens with one attached hydrogen (secondary N) is 2. The Morgan fingerprint density at radius 1 is 0.974 bits per heavy atom. The lowest BCUT2D eigenvalue weighted by molar-refractivity contribution is 0.0918. The average molecular weight is 546 g/mol. The molecule has 39 heavy (non-hydrogen) atoms. The van der Waals surface area contributed by atoms with Gasteiger partial charge >= 0.3 is 5.69 Å². The van der Waals surface area contributed by atoms with Gasteiger partial charge in [0.25, 0.3) is 11.8 Å². The van der Waals surface area contributed by atoms with E-state index in [1.807, 2.05) is 47.0 Å². The molecule has 4 aromatic rings. The van der Waals surface area contributed by atoms with Gasteiger partial charge in [-0.05, 0) is 74.4 Å². The van der Waals surface area contributed by atoms with Crippen molar-refractivity contribution >= 4 is 34.4 Å². The number of imidazole rings is 1. The van der Waals surface area contributed by atoms with Crippen LogP contribution >= 0.6 is 11.6 Å². The number of carbonyl (C=O) groups is 2. The number of benzene rings is 2. The van der Waals surface area contributed by atoms with Gasteiger partial charge in [-0.15, -0.1) is 0 Å². The molecule has 8 nitrogen and oxygen atoms in total. The summed E-state index contributed by atoms with van der Waals surface area (Å²) in [6, 6.07) is 16.9. The molecule has 2 aromatic carbocycles. The van der Waals surface area contributed by atoms with Gasteiger partial charge in [-0.2, -0.15) is 0 Å². The molecule has 1 aliphatic carbocycles. The molecule has 0 spiro atoms. The lowest BCUT2D eigenvalue weighted by Crippen LogP contribution is -2.39. The summed E-state index contributed by atoms with van der Waals surface area (Å²) >= 11 is 6.04. The van der Waals surface area contributed by atoms with Crippen molar-refractivity contribution < 1.29 is 9.59 Å². The van der Waals surface area contributed by atoms with E-state index in [4.69, 9.17) is 11.6 Å².